The summed E-state index contributed by atoms with van der Waals surface area (Å²) in [5.74, 6) is 0.645. The third kappa shape index (κ3) is 1.78. The minimum atomic E-state index is 0.645. The Morgan fingerprint density at radius 2 is 2.06 bits per heavy atom. The lowest BCUT2D eigenvalue weighted by Gasteiger charge is -2.04. The number of hydrogen-bond donors (Lipinski definition) is 0. The average Bonchev–Trinajstić information content (AvgIpc) is 2.87. The maximum atomic E-state index is 5.07. The van der Waals surface area contributed by atoms with Crippen LogP contribution in [0, 0.1) is 0 Å². The van der Waals surface area contributed by atoms with Crippen LogP contribution in [0.25, 0.3) is 21.2 Å². The number of ether oxygens (including phenoxy) is 1. The topological polar surface area (TPSA) is 22.1 Å². The lowest BCUT2D eigenvalue weighted by molar-refractivity contribution is 0.398. The van der Waals surface area contributed by atoms with E-state index in [-0.39, 0.29) is 0 Å². The molecular formula is C14H11NOS. The van der Waals surface area contributed by atoms with E-state index in [4.69, 9.17) is 4.74 Å². The molecular weight excluding hydrogens is 230 g/mol. The van der Waals surface area contributed by atoms with Crippen LogP contribution in [0.2, 0.25) is 0 Å². The molecule has 0 amide bonds. The number of pyridine rings is 1. The first-order valence-electron chi connectivity index (χ1n) is 5.35. The second kappa shape index (κ2) is 4.18. The summed E-state index contributed by atoms with van der Waals surface area (Å²) < 4.78 is 6.37. The number of nitrogens with zero attached hydrogens (tertiary/aromatic N) is 1. The zero-order chi connectivity index (χ0) is 11.7. The van der Waals surface area contributed by atoms with E-state index in [1.54, 1.807) is 18.4 Å². The van der Waals surface area contributed by atoms with E-state index >= 15 is 0 Å². The van der Waals surface area contributed by atoms with Crippen LogP contribution in [0.3, 0.4) is 0 Å². The van der Waals surface area contributed by atoms with Gasteiger partial charge in [0.1, 0.15) is 0 Å². The number of thiophene rings is 1. The van der Waals surface area contributed by atoms with Crippen molar-refractivity contribution < 1.29 is 4.74 Å². The Morgan fingerprint density at radius 3 is 2.82 bits per heavy atom. The normalized spacial score (nSPS) is 10.6. The number of aromatic nitrogens is 1. The van der Waals surface area contributed by atoms with Gasteiger partial charge in [0.25, 0.3) is 0 Å². The van der Waals surface area contributed by atoms with Crippen molar-refractivity contribution in [3.8, 4) is 17.0 Å². The second-order valence-corrected chi connectivity index (χ2v) is 4.67. The molecule has 0 atom stereocenters. The van der Waals surface area contributed by atoms with Gasteiger partial charge in [0.15, 0.2) is 0 Å². The number of fused-ring (bicyclic) bond motifs is 1. The largest absolute Gasteiger partial charge is 0.481 e. The fourth-order valence-electron chi connectivity index (χ4n) is 1.91. The average molecular weight is 241 g/mol. The summed E-state index contributed by atoms with van der Waals surface area (Å²) in [5, 5.41) is 3.40. The van der Waals surface area contributed by atoms with Gasteiger partial charge in [-0.2, -0.15) is 0 Å². The first kappa shape index (κ1) is 10.3. The zero-order valence-electron chi connectivity index (χ0n) is 9.38. The Morgan fingerprint density at radius 1 is 1.12 bits per heavy atom. The Hall–Kier alpha value is -1.87. The molecule has 0 unspecified atom stereocenters. The molecule has 3 rings (SSSR count). The first-order valence-corrected chi connectivity index (χ1v) is 6.23. The van der Waals surface area contributed by atoms with Crippen LogP contribution < -0.4 is 4.74 Å². The molecule has 2 heterocycles. The van der Waals surface area contributed by atoms with Gasteiger partial charge in [-0.05, 0) is 29.1 Å². The summed E-state index contributed by atoms with van der Waals surface area (Å²) in [4.78, 5) is 4.25. The van der Waals surface area contributed by atoms with Crippen LogP contribution in [-0.2, 0) is 0 Å². The van der Waals surface area contributed by atoms with Gasteiger partial charge < -0.3 is 4.74 Å². The van der Waals surface area contributed by atoms with Crippen LogP contribution in [0.5, 0.6) is 5.88 Å². The molecule has 0 radical (unpaired) electrons. The maximum Gasteiger partial charge on any atom is 0.212 e. The van der Waals surface area contributed by atoms with E-state index in [9.17, 15) is 0 Å². The van der Waals surface area contributed by atoms with E-state index < -0.39 is 0 Å². The third-order valence-electron chi connectivity index (χ3n) is 2.75. The minimum Gasteiger partial charge on any atom is -0.481 e. The monoisotopic (exact) mass is 241 g/mol. The van der Waals surface area contributed by atoms with Crippen molar-refractivity contribution in [2.24, 2.45) is 0 Å². The van der Waals surface area contributed by atoms with Crippen molar-refractivity contribution in [2.75, 3.05) is 7.11 Å². The SMILES string of the molecule is COc1ccc(-c2cccc3sccc23)cn1. The molecule has 1 aromatic carbocycles. The number of benzene rings is 1. The molecule has 0 bridgehead atoms. The molecule has 2 nitrogen and oxygen atoms in total. The summed E-state index contributed by atoms with van der Waals surface area (Å²) in [5.41, 5.74) is 2.34. The quantitative estimate of drug-likeness (QED) is 0.677. The van der Waals surface area contributed by atoms with Crippen molar-refractivity contribution in [2.45, 2.75) is 0 Å². The molecule has 17 heavy (non-hydrogen) atoms. The highest BCUT2D eigenvalue weighted by atomic mass is 32.1. The van der Waals surface area contributed by atoms with Crippen LogP contribution in [0.4, 0.5) is 0 Å². The van der Waals surface area contributed by atoms with Gasteiger partial charge in [-0.25, -0.2) is 4.98 Å². The lowest BCUT2D eigenvalue weighted by Crippen LogP contribution is -1.87. The lowest BCUT2D eigenvalue weighted by atomic mass is 10.0. The molecule has 0 aliphatic heterocycles. The number of rotatable bonds is 2. The summed E-state index contributed by atoms with van der Waals surface area (Å²) in [6.45, 7) is 0. The van der Waals surface area contributed by atoms with Gasteiger partial charge in [-0.15, -0.1) is 11.3 Å². The van der Waals surface area contributed by atoms with Crippen molar-refractivity contribution in [1.29, 1.82) is 0 Å². The molecule has 0 N–H and O–H groups in total. The summed E-state index contributed by atoms with van der Waals surface area (Å²) in [7, 11) is 1.63. The van der Waals surface area contributed by atoms with Crippen LogP contribution in [-0.4, -0.2) is 12.1 Å². The molecule has 2 aromatic heterocycles. The van der Waals surface area contributed by atoms with Gasteiger partial charge >= 0.3 is 0 Å². The minimum absolute atomic E-state index is 0.645. The van der Waals surface area contributed by atoms with E-state index in [1.807, 2.05) is 18.3 Å². The van der Waals surface area contributed by atoms with Gasteiger partial charge in [0.05, 0.1) is 7.11 Å². The van der Waals surface area contributed by atoms with Gasteiger partial charge in [-0.3, -0.25) is 0 Å². The highest BCUT2D eigenvalue weighted by molar-refractivity contribution is 7.17. The van der Waals surface area contributed by atoms with Gasteiger partial charge in [-0.1, -0.05) is 12.1 Å². The Bertz CT molecular complexity index is 643. The van der Waals surface area contributed by atoms with E-state index in [0.29, 0.717) is 5.88 Å². The molecule has 84 valence electrons. The Kier molecular flexibility index (Phi) is 2.53. The highest BCUT2D eigenvalue weighted by Crippen LogP contribution is 2.31. The standard InChI is InChI=1S/C14H11NOS/c1-16-14-6-5-10(9-15-14)11-3-2-4-13-12(11)7-8-17-13/h2-9H,1H3. The fraction of sp³-hybridized carbons (Fsp3) is 0.0714. The van der Waals surface area contributed by atoms with Crippen LogP contribution in [0.1, 0.15) is 0 Å². The molecule has 0 saturated heterocycles. The fourth-order valence-corrected chi connectivity index (χ4v) is 2.72. The maximum absolute atomic E-state index is 5.07. The number of hydrogen-bond acceptors (Lipinski definition) is 3. The molecule has 0 aliphatic rings. The van der Waals surface area contributed by atoms with Gasteiger partial charge in [0, 0.05) is 27.9 Å². The highest BCUT2D eigenvalue weighted by Gasteiger charge is 2.04. The van der Waals surface area contributed by atoms with E-state index in [1.165, 1.54) is 15.6 Å². The molecule has 0 saturated carbocycles. The molecule has 0 spiro atoms. The van der Waals surface area contributed by atoms with Crippen LogP contribution >= 0.6 is 11.3 Å². The Labute approximate surface area is 104 Å². The smallest absolute Gasteiger partial charge is 0.212 e. The van der Waals surface area contributed by atoms with E-state index in [2.05, 4.69) is 34.6 Å². The predicted octanol–water partition coefficient (Wildman–Crippen LogP) is 3.97. The predicted molar refractivity (Wildman–Crippen MR) is 71.6 cm³/mol. The van der Waals surface area contributed by atoms with Crippen molar-refractivity contribution in [3.63, 3.8) is 0 Å². The molecule has 3 heteroatoms. The van der Waals surface area contributed by atoms with E-state index in [0.717, 1.165) is 5.56 Å². The summed E-state index contributed by atoms with van der Waals surface area (Å²) >= 11 is 1.76. The first-order chi connectivity index (χ1) is 8.38. The van der Waals surface area contributed by atoms with Crippen LogP contribution in [0.15, 0.2) is 48.0 Å². The third-order valence-corrected chi connectivity index (χ3v) is 3.63. The zero-order valence-corrected chi connectivity index (χ0v) is 10.2. The second-order valence-electron chi connectivity index (χ2n) is 3.73. The van der Waals surface area contributed by atoms with Crippen molar-refractivity contribution in [3.05, 3.63) is 48.0 Å². The summed E-state index contributed by atoms with van der Waals surface area (Å²) in [6, 6.07) is 12.4. The Balaban J connectivity index is 2.16. The number of methoxy groups -OCH3 is 1. The summed E-state index contributed by atoms with van der Waals surface area (Å²) in [6.07, 6.45) is 1.85. The van der Waals surface area contributed by atoms with Gasteiger partial charge in [0.2, 0.25) is 5.88 Å². The molecule has 3 aromatic rings. The van der Waals surface area contributed by atoms with Crippen molar-refractivity contribution in [1.82, 2.24) is 4.98 Å². The molecule has 0 fully saturated rings. The molecule has 0 aliphatic carbocycles. The van der Waals surface area contributed by atoms with Crippen molar-refractivity contribution >= 4 is 21.4 Å².